The van der Waals surface area contributed by atoms with Crippen LogP contribution >= 0.6 is 0 Å². The van der Waals surface area contributed by atoms with E-state index in [1.165, 1.54) is 0 Å². The first kappa shape index (κ1) is 14.7. The summed E-state index contributed by atoms with van der Waals surface area (Å²) in [7, 11) is 0. The minimum absolute atomic E-state index is 0.0283. The number of morpholine rings is 1. The number of fused-ring (bicyclic) bond motifs is 2. The van der Waals surface area contributed by atoms with E-state index in [0.717, 1.165) is 42.5 Å². The molecule has 2 aliphatic heterocycles. The van der Waals surface area contributed by atoms with Crippen molar-refractivity contribution >= 4 is 16.7 Å². The van der Waals surface area contributed by atoms with Crippen LogP contribution in [0, 0.1) is 0 Å². The molecule has 3 atom stereocenters. The van der Waals surface area contributed by atoms with Crippen molar-refractivity contribution in [2.45, 2.75) is 31.5 Å². The average molecular weight is 310 g/mol. The Balaban J connectivity index is 1.50. The van der Waals surface area contributed by atoms with Crippen LogP contribution in [0.4, 0.5) is 0 Å². The number of benzene rings is 2. The smallest absolute Gasteiger partial charge is 0.252 e. The number of nitrogens with zero attached hydrogens (tertiary/aromatic N) is 1. The SMILES string of the molecule is C[C@@H]1CN2C[C@@H](NC(=O)c3cccc4ccccc34)C[C@H]2CO1. The molecule has 0 radical (unpaired) electrons. The van der Waals surface area contributed by atoms with Gasteiger partial charge in [0.15, 0.2) is 0 Å². The summed E-state index contributed by atoms with van der Waals surface area (Å²) >= 11 is 0. The highest BCUT2D eigenvalue weighted by Gasteiger charge is 2.36. The predicted molar refractivity (Wildman–Crippen MR) is 90.6 cm³/mol. The standard InChI is InChI=1S/C19H22N2O2/c1-13-10-21-11-15(9-16(21)12-23-13)20-19(22)18-8-4-6-14-5-2-3-7-17(14)18/h2-8,13,15-16H,9-12H2,1H3,(H,20,22)/t13-,15+,16+/m1/s1. The van der Waals surface area contributed by atoms with Gasteiger partial charge in [-0.3, -0.25) is 9.69 Å². The molecule has 1 N–H and O–H groups in total. The lowest BCUT2D eigenvalue weighted by Crippen LogP contribution is -2.45. The number of hydrogen-bond donors (Lipinski definition) is 1. The molecule has 0 aliphatic carbocycles. The molecule has 0 unspecified atom stereocenters. The molecule has 2 aromatic rings. The Bertz CT molecular complexity index is 725. The van der Waals surface area contributed by atoms with Gasteiger partial charge in [0, 0.05) is 30.7 Å². The lowest BCUT2D eigenvalue weighted by atomic mass is 10.0. The predicted octanol–water partition coefficient (Wildman–Crippen LogP) is 2.43. The molecule has 2 aromatic carbocycles. The van der Waals surface area contributed by atoms with Crippen molar-refractivity contribution in [1.29, 1.82) is 0 Å². The van der Waals surface area contributed by atoms with Crippen LogP contribution in [0.15, 0.2) is 42.5 Å². The summed E-state index contributed by atoms with van der Waals surface area (Å²) in [4.78, 5) is 15.2. The highest BCUT2D eigenvalue weighted by Crippen LogP contribution is 2.24. The molecule has 2 heterocycles. The fourth-order valence-electron chi connectivity index (χ4n) is 3.83. The van der Waals surface area contributed by atoms with Crippen molar-refractivity contribution in [1.82, 2.24) is 10.2 Å². The topological polar surface area (TPSA) is 41.6 Å². The van der Waals surface area contributed by atoms with Gasteiger partial charge >= 0.3 is 0 Å². The molecular formula is C19H22N2O2. The largest absolute Gasteiger partial charge is 0.376 e. The van der Waals surface area contributed by atoms with Crippen LogP contribution in [0.1, 0.15) is 23.7 Å². The Morgan fingerprint density at radius 2 is 2.00 bits per heavy atom. The molecule has 120 valence electrons. The van der Waals surface area contributed by atoms with Crippen LogP contribution in [0.5, 0.6) is 0 Å². The van der Waals surface area contributed by atoms with Crippen LogP contribution in [-0.4, -0.2) is 48.7 Å². The van der Waals surface area contributed by atoms with Gasteiger partial charge in [0.2, 0.25) is 0 Å². The summed E-state index contributed by atoms with van der Waals surface area (Å²) < 4.78 is 5.73. The molecule has 4 heteroatoms. The zero-order valence-electron chi connectivity index (χ0n) is 13.4. The van der Waals surface area contributed by atoms with Crippen molar-refractivity contribution in [3.63, 3.8) is 0 Å². The molecular weight excluding hydrogens is 288 g/mol. The molecule has 0 bridgehead atoms. The maximum Gasteiger partial charge on any atom is 0.252 e. The molecule has 1 amide bonds. The maximum absolute atomic E-state index is 12.7. The van der Waals surface area contributed by atoms with Gasteiger partial charge in [-0.15, -0.1) is 0 Å². The minimum atomic E-state index is 0.0283. The van der Waals surface area contributed by atoms with Crippen LogP contribution in [0.3, 0.4) is 0 Å². The average Bonchev–Trinajstić information content (AvgIpc) is 2.95. The summed E-state index contributed by atoms with van der Waals surface area (Å²) in [6.07, 6.45) is 1.27. The van der Waals surface area contributed by atoms with Crippen molar-refractivity contribution in [3.05, 3.63) is 48.0 Å². The number of nitrogens with one attached hydrogen (secondary N) is 1. The third-order valence-electron chi connectivity index (χ3n) is 4.96. The van der Waals surface area contributed by atoms with Crippen molar-refractivity contribution in [2.24, 2.45) is 0 Å². The zero-order chi connectivity index (χ0) is 15.8. The number of ether oxygens (including phenoxy) is 1. The zero-order valence-corrected chi connectivity index (χ0v) is 13.4. The van der Waals surface area contributed by atoms with Crippen molar-refractivity contribution in [2.75, 3.05) is 19.7 Å². The molecule has 4 rings (SSSR count). The molecule has 2 aliphatic rings. The Morgan fingerprint density at radius 1 is 1.17 bits per heavy atom. The number of rotatable bonds is 2. The van der Waals surface area contributed by atoms with Gasteiger partial charge in [-0.2, -0.15) is 0 Å². The van der Waals surface area contributed by atoms with Gasteiger partial charge in [-0.05, 0) is 30.2 Å². The first-order valence-corrected chi connectivity index (χ1v) is 8.35. The fourth-order valence-corrected chi connectivity index (χ4v) is 3.83. The van der Waals surface area contributed by atoms with E-state index in [4.69, 9.17) is 4.74 Å². The fraction of sp³-hybridized carbons (Fsp3) is 0.421. The summed E-state index contributed by atoms with van der Waals surface area (Å²) in [5.74, 6) is 0.0283. The Hall–Kier alpha value is -1.91. The number of amides is 1. The second-order valence-electron chi connectivity index (χ2n) is 6.68. The Morgan fingerprint density at radius 3 is 2.91 bits per heavy atom. The monoisotopic (exact) mass is 310 g/mol. The summed E-state index contributed by atoms with van der Waals surface area (Å²) in [5, 5.41) is 5.34. The molecule has 2 saturated heterocycles. The normalized spacial score (nSPS) is 27.8. The van der Waals surface area contributed by atoms with Crippen LogP contribution < -0.4 is 5.32 Å². The van der Waals surface area contributed by atoms with E-state index in [1.54, 1.807) is 0 Å². The van der Waals surface area contributed by atoms with E-state index in [9.17, 15) is 4.79 Å². The highest BCUT2D eigenvalue weighted by atomic mass is 16.5. The number of carbonyl (C=O) groups is 1. The second kappa shape index (κ2) is 5.95. The van der Waals surface area contributed by atoms with Gasteiger partial charge in [0.1, 0.15) is 0 Å². The van der Waals surface area contributed by atoms with Crippen LogP contribution in [0.2, 0.25) is 0 Å². The first-order valence-electron chi connectivity index (χ1n) is 8.35. The van der Waals surface area contributed by atoms with Gasteiger partial charge in [0.25, 0.3) is 5.91 Å². The van der Waals surface area contributed by atoms with Gasteiger partial charge in [-0.25, -0.2) is 0 Å². The number of hydrogen-bond acceptors (Lipinski definition) is 3. The van der Waals surface area contributed by atoms with E-state index in [1.807, 2.05) is 42.5 Å². The molecule has 2 fully saturated rings. The first-order chi connectivity index (χ1) is 11.2. The van der Waals surface area contributed by atoms with E-state index in [-0.39, 0.29) is 11.9 Å². The quantitative estimate of drug-likeness (QED) is 0.926. The lowest BCUT2D eigenvalue weighted by Gasteiger charge is -2.33. The minimum Gasteiger partial charge on any atom is -0.376 e. The van der Waals surface area contributed by atoms with E-state index in [2.05, 4.69) is 17.1 Å². The third kappa shape index (κ3) is 2.84. The van der Waals surface area contributed by atoms with E-state index in [0.29, 0.717) is 12.1 Å². The molecule has 0 saturated carbocycles. The van der Waals surface area contributed by atoms with Gasteiger partial charge < -0.3 is 10.1 Å². The van der Waals surface area contributed by atoms with Gasteiger partial charge in [0.05, 0.1) is 12.7 Å². The molecule has 0 aromatic heterocycles. The summed E-state index contributed by atoms with van der Waals surface area (Å²) in [6, 6.07) is 14.6. The summed E-state index contributed by atoms with van der Waals surface area (Å²) in [5.41, 5.74) is 0.762. The third-order valence-corrected chi connectivity index (χ3v) is 4.96. The summed E-state index contributed by atoms with van der Waals surface area (Å²) in [6.45, 7) is 4.78. The number of carbonyl (C=O) groups excluding carboxylic acids is 1. The maximum atomic E-state index is 12.7. The van der Waals surface area contributed by atoms with E-state index >= 15 is 0 Å². The highest BCUT2D eigenvalue weighted by molar-refractivity contribution is 6.07. The molecule has 0 spiro atoms. The molecule has 23 heavy (non-hydrogen) atoms. The van der Waals surface area contributed by atoms with Crippen molar-refractivity contribution in [3.8, 4) is 0 Å². The van der Waals surface area contributed by atoms with Crippen LogP contribution in [-0.2, 0) is 4.74 Å². The van der Waals surface area contributed by atoms with Gasteiger partial charge in [-0.1, -0.05) is 36.4 Å². The Kier molecular flexibility index (Phi) is 3.79. The molecule has 4 nitrogen and oxygen atoms in total. The second-order valence-corrected chi connectivity index (χ2v) is 6.68. The van der Waals surface area contributed by atoms with Crippen LogP contribution in [0.25, 0.3) is 10.8 Å². The van der Waals surface area contributed by atoms with Crippen molar-refractivity contribution < 1.29 is 9.53 Å². The lowest BCUT2D eigenvalue weighted by molar-refractivity contribution is -0.0390. The Labute approximate surface area is 136 Å². The van der Waals surface area contributed by atoms with E-state index < -0.39 is 0 Å².